The van der Waals surface area contributed by atoms with Crippen LogP contribution in [0.2, 0.25) is 0 Å². The monoisotopic (exact) mass is 327 g/mol. The second-order valence-corrected chi connectivity index (χ2v) is 8.58. The highest BCUT2D eigenvalue weighted by atomic mass is 32.8. The molecule has 0 aliphatic rings. The molecule has 1 aromatic carbocycles. The van der Waals surface area contributed by atoms with Gasteiger partial charge in [-0.15, -0.1) is 0 Å². The van der Waals surface area contributed by atoms with E-state index >= 15 is 0 Å². The first-order chi connectivity index (χ1) is 10.1. The molecular weight excluding hydrogens is 302 g/mol. The topological polar surface area (TPSA) is 37.4 Å². The van der Waals surface area contributed by atoms with Gasteiger partial charge in [-0.05, 0) is 17.9 Å². The Bertz CT molecular complexity index is 496. The van der Waals surface area contributed by atoms with E-state index in [1.54, 1.807) is 0 Å². The molecule has 0 aliphatic heterocycles. The summed E-state index contributed by atoms with van der Waals surface area (Å²) in [6, 6.07) is 9.78. The van der Waals surface area contributed by atoms with Gasteiger partial charge in [0.05, 0.1) is 0 Å². The number of carbonyl (C=O) groups is 1. The minimum atomic E-state index is -0.829. The first-order valence-corrected chi connectivity index (χ1v) is 10.1. The van der Waals surface area contributed by atoms with Gasteiger partial charge in [-0.3, -0.25) is 4.79 Å². The fraction of sp³-hybridized carbons (Fsp3) is 0.562. The molecule has 1 unspecified atom stereocenters. The van der Waals surface area contributed by atoms with Crippen LogP contribution in [0.3, 0.4) is 0 Å². The standard InChI is InChI=1S/C16H25NO2S2/c1-4-5-11-17(12-14(2)3)16(18)21(20-19)13-15-9-7-6-8-10-15/h6-10,14H,4-5,11-13H2,1-3H3. The lowest BCUT2D eigenvalue weighted by molar-refractivity contribution is 0.214. The van der Waals surface area contributed by atoms with Crippen molar-refractivity contribution in [2.75, 3.05) is 13.1 Å². The zero-order valence-corrected chi connectivity index (χ0v) is 14.7. The second kappa shape index (κ2) is 9.90. The van der Waals surface area contributed by atoms with Crippen molar-refractivity contribution in [3.05, 3.63) is 35.9 Å². The zero-order valence-electron chi connectivity index (χ0n) is 13.1. The van der Waals surface area contributed by atoms with E-state index in [4.69, 9.17) is 0 Å². The van der Waals surface area contributed by atoms with Gasteiger partial charge >= 0.3 is 0 Å². The number of rotatable bonds is 7. The summed E-state index contributed by atoms with van der Waals surface area (Å²) in [5, 5.41) is 0.0148. The summed E-state index contributed by atoms with van der Waals surface area (Å²) in [5.41, 5.74) is 1.05. The molecule has 0 heterocycles. The van der Waals surface area contributed by atoms with Crippen LogP contribution in [-0.2, 0) is 25.4 Å². The first-order valence-electron chi connectivity index (χ1n) is 7.42. The lowest BCUT2D eigenvalue weighted by atomic mass is 10.2. The summed E-state index contributed by atoms with van der Waals surface area (Å²) in [4.78, 5) is 14.5. The van der Waals surface area contributed by atoms with Crippen LogP contribution in [0, 0.1) is 5.92 Å². The molecule has 0 aromatic heterocycles. The molecule has 118 valence electrons. The van der Waals surface area contributed by atoms with Gasteiger partial charge in [0.2, 0.25) is 0 Å². The minimum Gasteiger partial charge on any atom is -0.333 e. The van der Waals surface area contributed by atoms with Crippen LogP contribution < -0.4 is 0 Å². The average molecular weight is 328 g/mol. The van der Waals surface area contributed by atoms with Gasteiger partial charge in [0, 0.05) is 28.3 Å². The second-order valence-electron chi connectivity index (χ2n) is 5.50. The van der Waals surface area contributed by atoms with E-state index in [1.165, 1.54) is 0 Å². The fourth-order valence-corrected chi connectivity index (χ4v) is 4.25. The molecule has 0 bridgehead atoms. The third-order valence-electron chi connectivity index (χ3n) is 3.04. The molecule has 0 spiro atoms. The predicted octanol–water partition coefficient (Wildman–Crippen LogP) is 3.81. The third kappa shape index (κ3) is 6.57. The van der Waals surface area contributed by atoms with Crippen molar-refractivity contribution >= 4 is 24.9 Å². The molecule has 21 heavy (non-hydrogen) atoms. The highest BCUT2D eigenvalue weighted by Gasteiger charge is 2.19. The summed E-state index contributed by atoms with van der Waals surface area (Å²) >= 11 is 0. The lowest BCUT2D eigenvalue weighted by Crippen LogP contribution is -2.36. The van der Waals surface area contributed by atoms with E-state index in [9.17, 15) is 9.00 Å². The molecular formula is C16H25NO2S2. The maximum absolute atomic E-state index is 12.6. The number of unbranched alkanes of at least 4 members (excludes halogenated alkanes) is 1. The highest BCUT2D eigenvalue weighted by Crippen LogP contribution is 2.10. The summed E-state index contributed by atoms with van der Waals surface area (Å²) in [6.45, 7) is 7.81. The largest absolute Gasteiger partial charge is 0.333 e. The molecule has 0 saturated carbocycles. The van der Waals surface area contributed by atoms with Crippen LogP contribution in [0.4, 0.5) is 4.79 Å². The Kier molecular flexibility index (Phi) is 8.54. The number of hydrogen-bond donors (Lipinski definition) is 0. The zero-order chi connectivity index (χ0) is 15.7. The van der Waals surface area contributed by atoms with Gasteiger partial charge in [0.15, 0.2) is 0 Å². The Hall–Kier alpha value is -0.940. The van der Waals surface area contributed by atoms with E-state index in [1.807, 2.05) is 35.2 Å². The van der Waals surface area contributed by atoms with Crippen LogP contribution >= 0.6 is 0 Å². The van der Waals surface area contributed by atoms with Crippen LogP contribution in [0.15, 0.2) is 30.3 Å². The molecule has 1 aromatic rings. The Labute approximate surface area is 133 Å². The van der Waals surface area contributed by atoms with Crippen molar-refractivity contribution in [1.82, 2.24) is 4.90 Å². The number of nitrogens with zero attached hydrogens (tertiary/aromatic N) is 1. The van der Waals surface area contributed by atoms with Gasteiger partial charge < -0.3 is 4.90 Å². The van der Waals surface area contributed by atoms with Crippen molar-refractivity contribution in [3.8, 4) is 0 Å². The highest BCUT2D eigenvalue weighted by molar-refractivity contribution is 8.38. The number of hydrogen-bond acceptors (Lipinski definition) is 2. The number of carbonyl (C=O) groups excluding carboxylic acids is 1. The molecule has 0 aliphatic carbocycles. The van der Waals surface area contributed by atoms with E-state index in [2.05, 4.69) is 20.8 Å². The van der Waals surface area contributed by atoms with Crippen molar-refractivity contribution < 1.29 is 9.00 Å². The summed E-state index contributed by atoms with van der Waals surface area (Å²) in [6.07, 6.45) is 2.05. The van der Waals surface area contributed by atoms with Gasteiger partial charge in [-0.1, -0.05) is 57.5 Å². The Morgan fingerprint density at radius 2 is 1.95 bits per heavy atom. The van der Waals surface area contributed by atoms with Crippen LogP contribution in [0.5, 0.6) is 0 Å². The summed E-state index contributed by atoms with van der Waals surface area (Å²) in [7, 11) is -0.381. The van der Waals surface area contributed by atoms with Crippen LogP contribution in [0.1, 0.15) is 39.2 Å². The quantitative estimate of drug-likeness (QED) is 0.763. The average Bonchev–Trinajstić information content (AvgIpc) is 2.49. The smallest absolute Gasteiger partial charge is 0.288 e. The molecule has 0 radical (unpaired) electrons. The Balaban J connectivity index is 2.81. The van der Waals surface area contributed by atoms with E-state index < -0.39 is 9.45 Å². The number of amides is 1. The van der Waals surface area contributed by atoms with Crippen LogP contribution in [-0.4, -0.2) is 27.4 Å². The number of benzene rings is 1. The van der Waals surface area contributed by atoms with Crippen molar-refractivity contribution in [2.24, 2.45) is 5.92 Å². The minimum absolute atomic E-state index is 0.0148. The molecule has 0 N–H and O–H groups in total. The first kappa shape index (κ1) is 18.1. The maximum atomic E-state index is 12.6. The summed E-state index contributed by atoms with van der Waals surface area (Å²) in [5.74, 6) is 0.957. The van der Waals surface area contributed by atoms with E-state index in [0.29, 0.717) is 21.9 Å². The maximum Gasteiger partial charge on any atom is 0.288 e. The molecule has 1 atom stereocenters. The van der Waals surface area contributed by atoms with Gasteiger partial charge in [-0.25, -0.2) is 4.21 Å². The Morgan fingerprint density at radius 1 is 1.29 bits per heavy atom. The van der Waals surface area contributed by atoms with E-state index in [-0.39, 0.29) is 5.24 Å². The van der Waals surface area contributed by atoms with Crippen molar-refractivity contribution in [2.45, 2.75) is 39.4 Å². The SMILES string of the molecule is CCCCN(CC(C)C)C(=O)S(Cc1ccccc1)=S=O. The van der Waals surface area contributed by atoms with E-state index in [0.717, 1.165) is 31.5 Å². The molecule has 1 amide bonds. The van der Waals surface area contributed by atoms with Crippen molar-refractivity contribution in [3.63, 3.8) is 0 Å². The molecule has 0 fully saturated rings. The van der Waals surface area contributed by atoms with Gasteiger partial charge in [0.1, 0.15) is 10.2 Å². The van der Waals surface area contributed by atoms with Gasteiger partial charge in [-0.2, -0.15) is 0 Å². The molecule has 5 heteroatoms. The molecule has 0 saturated heterocycles. The molecule has 1 rings (SSSR count). The Morgan fingerprint density at radius 3 is 2.48 bits per heavy atom. The van der Waals surface area contributed by atoms with Crippen LogP contribution in [0.25, 0.3) is 0 Å². The van der Waals surface area contributed by atoms with Gasteiger partial charge in [0.25, 0.3) is 5.24 Å². The lowest BCUT2D eigenvalue weighted by Gasteiger charge is -2.24. The normalized spacial score (nSPS) is 12.2. The predicted molar refractivity (Wildman–Crippen MR) is 92.4 cm³/mol. The summed E-state index contributed by atoms with van der Waals surface area (Å²) < 4.78 is 11.4. The fourth-order valence-electron chi connectivity index (χ4n) is 2.03. The van der Waals surface area contributed by atoms with Crippen molar-refractivity contribution in [1.29, 1.82) is 0 Å². The molecule has 3 nitrogen and oxygen atoms in total. The third-order valence-corrected chi connectivity index (χ3v) is 5.72.